The SMILES string of the molecule is CC(C)N(c1ccccc1)c1ccc(NC(=O)c2ccco2)cc1. The van der Waals surface area contributed by atoms with Crippen LogP contribution in [0.5, 0.6) is 0 Å². The third kappa shape index (κ3) is 3.49. The van der Waals surface area contributed by atoms with E-state index in [0.717, 1.165) is 17.1 Å². The molecule has 0 saturated heterocycles. The Morgan fingerprint density at radius 1 is 0.917 bits per heavy atom. The van der Waals surface area contributed by atoms with Crippen LogP contribution in [0.1, 0.15) is 24.4 Å². The van der Waals surface area contributed by atoms with Crippen molar-refractivity contribution in [1.82, 2.24) is 0 Å². The molecule has 0 aliphatic heterocycles. The van der Waals surface area contributed by atoms with Gasteiger partial charge in [-0.05, 0) is 62.4 Å². The van der Waals surface area contributed by atoms with E-state index < -0.39 is 0 Å². The smallest absolute Gasteiger partial charge is 0.291 e. The lowest BCUT2D eigenvalue weighted by Gasteiger charge is -2.29. The first-order chi connectivity index (χ1) is 11.6. The molecular weight excluding hydrogens is 300 g/mol. The van der Waals surface area contributed by atoms with E-state index in [4.69, 9.17) is 4.42 Å². The third-order valence-corrected chi connectivity index (χ3v) is 3.70. The van der Waals surface area contributed by atoms with Crippen molar-refractivity contribution in [2.45, 2.75) is 19.9 Å². The van der Waals surface area contributed by atoms with Gasteiger partial charge >= 0.3 is 0 Å². The number of carbonyl (C=O) groups excluding carboxylic acids is 1. The van der Waals surface area contributed by atoms with Crippen molar-refractivity contribution in [3.63, 3.8) is 0 Å². The molecule has 122 valence electrons. The van der Waals surface area contributed by atoms with Gasteiger partial charge in [0, 0.05) is 23.1 Å². The Bertz CT molecular complexity index is 778. The second kappa shape index (κ2) is 7.04. The van der Waals surface area contributed by atoms with Gasteiger partial charge in [0.1, 0.15) is 0 Å². The zero-order valence-corrected chi connectivity index (χ0v) is 13.8. The van der Waals surface area contributed by atoms with Gasteiger partial charge in [0.25, 0.3) is 5.91 Å². The molecule has 1 heterocycles. The summed E-state index contributed by atoms with van der Waals surface area (Å²) in [4.78, 5) is 14.3. The molecule has 0 saturated carbocycles. The van der Waals surface area contributed by atoms with Crippen LogP contribution in [0.2, 0.25) is 0 Å². The Morgan fingerprint density at radius 2 is 1.58 bits per heavy atom. The number of anilines is 3. The van der Waals surface area contributed by atoms with E-state index in [1.807, 2.05) is 42.5 Å². The molecule has 1 N–H and O–H groups in total. The van der Waals surface area contributed by atoms with E-state index in [0.29, 0.717) is 11.8 Å². The maximum absolute atomic E-state index is 12.0. The van der Waals surface area contributed by atoms with E-state index in [9.17, 15) is 4.79 Å². The van der Waals surface area contributed by atoms with Crippen LogP contribution < -0.4 is 10.2 Å². The Kier molecular flexibility index (Phi) is 4.66. The lowest BCUT2D eigenvalue weighted by molar-refractivity contribution is 0.0996. The highest BCUT2D eigenvalue weighted by atomic mass is 16.3. The van der Waals surface area contributed by atoms with Gasteiger partial charge in [0.2, 0.25) is 0 Å². The number of nitrogens with zero attached hydrogens (tertiary/aromatic N) is 1. The summed E-state index contributed by atoms with van der Waals surface area (Å²) >= 11 is 0. The maximum Gasteiger partial charge on any atom is 0.291 e. The molecule has 0 aliphatic rings. The minimum Gasteiger partial charge on any atom is -0.459 e. The Labute approximate surface area is 141 Å². The average molecular weight is 320 g/mol. The summed E-state index contributed by atoms with van der Waals surface area (Å²) in [6.07, 6.45) is 1.48. The first kappa shape index (κ1) is 15.9. The standard InChI is InChI=1S/C20H20N2O2/c1-15(2)22(17-7-4-3-5-8-17)18-12-10-16(11-13-18)21-20(23)19-9-6-14-24-19/h3-15H,1-2H3,(H,21,23). The highest BCUT2D eigenvalue weighted by molar-refractivity contribution is 6.02. The lowest BCUT2D eigenvalue weighted by atomic mass is 10.2. The van der Waals surface area contributed by atoms with Gasteiger partial charge in [0.15, 0.2) is 5.76 Å². The number of amides is 1. The van der Waals surface area contributed by atoms with Crippen LogP contribution in [-0.2, 0) is 0 Å². The summed E-state index contributed by atoms with van der Waals surface area (Å²) < 4.78 is 5.10. The average Bonchev–Trinajstić information content (AvgIpc) is 3.12. The predicted molar refractivity (Wildman–Crippen MR) is 96.8 cm³/mol. The summed E-state index contributed by atoms with van der Waals surface area (Å²) in [7, 11) is 0. The summed E-state index contributed by atoms with van der Waals surface area (Å²) in [5.41, 5.74) is 2.95. The van der Waals surface area contributed by atoms with Gasteiger partial charge in [-0.3, -0.25) is 4.79 Å². The van der Waals surface area contributed by atoms with E-state index in [-0.39, 0.29) is 5.91 Å². The normalized spacial score (nSPS) is 10.6. The number of carbonyl (C=O) groups is 1. The molecule has 3 aromatic rings. The predicted octanol–water partition coefficient (Wildman–Crippen LogP) is 5.08. The summed E-state index contributed by atoms with van der Waals surface area (Å²) in [5.74, 6) is 0.0451. The van der Waals surface area contributed by atoms with Crippen molar-refractivity contribution >= 4 is 23.0 Å². The number of para-hydroxylation sites is 1. The molecule has 24 heavy (non-hydrogen) atoms. The molecule has 0 spiro atoms. The first-order valence-corrected chi connectivity index (χ1v) is 7.94. The molecule has 1 aromatic heterocycles. The van der Waals surface area contributed by atoms with Crippen molar-refractivity contribution in [3.8, 4) is 0 Å². The van der Waals surface area contributed by atoms with E-state index in [1.165, 1.54) is 6.26 Å². The molecule has 4 nitrogen and oxygen atoms in total. The number of nitrogens with one attached hydrogen (secondary N) is 1. The highest BCUT2D eigenvalue weighted by Crippen LogP contribution is 2.28. The van der Waals surface area contributed by atoms with E-state index in [1.54, 1.807) is 12.1 Å². The summed E-state index contributed by atoms with van der Waals surface area (Å²) in [6, 6.07) is 21.7. The summed E-state index contributed by atoms with van der Waals surface area (Å²) in [6.45, 7) is 4.30. The highest BCUT2D eigenvalue weighted by Gasteiger charge is 2.13. The van der Waals surface area contributed by atoms with Gasteiger partial charge in [-0.25, -0.2) is 0 Å². The molecule has 3 rings (SSSR count). The first-order valence-electron chi connectivity index (χ1n) is 7.94. The van der Waals surface area contributed by atoms with Crippen molar-refractivity contribution in [1.29, 1.82) is 0 Å². The lowest BCUT2D eigenvalue weighted by Crippen LogP contribution is -2.25. The molecule has 0 aliphatic carbocycles. The minimum absolute atomic E-state index is 0.253. The molecule has 4 heteroatoms. The Hall–Kier alpha value is -3.01. The number of hydrogen-bond acceptors (Lipinski definition) is 3. The van der Waals surface area contributed by atoms with Gasteiger partial charge in [-0.2, -0.15) is 0 Å². The van der Waals surface area contributed by atoms with Gasteiger partial charge in [-0.15, -0.1) is 0 Å². The Balaban J connectivity index is 1.79. The second-order valence-electron chi connectivity index (χ2n) is 5.78. The fourth-order valence-corrected chi connectivity index (χ4v) is 2.64. The fraction of sp³-hybridized carbons (Fsp3) is 0.150. The number of hydrogen-bond donors (Lipinski definition) is 1. The molecule has 0 bridgehead atoms. The van der Waals surface area contributed by atoms with Gasteiger partial charge < -0.3 is 14.6 Å². The Morgan fingerprint density at radius 3 is 2.17 bits per heavy atom. The fourth-order valence-electron chi connectivity index (χ4n) is 2.64. The van der Waals surface area contributed by atoms with Crippen LogP contribution in [0.15, 0.2) is 77.4 Å². The van der Waals surface area contributed by atoms with E-state index >= 15 is 0 Å². The number of furan rings is 1. The number of rotatable bonds is 5. The van der Waals surface area contributed by atoms with Crippen LogP contribution in [-0.4, -0.2) is 11.9 Å². The van der Waals surface area contributed by atoms with E-state index in [2.05, 4.69) is 36.2 Å². The van der Waals surface area contributed by atoms with Crippen LogP contribution in [0.3, 0.4) is 0 Å². The monoisotopic (exact) mass is 320 g/mol. The topological polar surface area (TPSA) is 45.5 Å². The zero-order chi connectivity index (χ0) is 16.9. The van der Waals surface area contributed by atoms with Gasteiger partial charge in [0.05, 0.1) is 6.26 Å². The largest absolute Gasteiger partial charge is 0.459 e. The van der Waals surface area contributed by atoms with Crippen molar-refractivity contribution in [2.24, 2.45) is 0 Å². The van der Waals surface area contributed by atoms with Crippen LogP contribution in [0.25, 0.3) is 0 Å². The molecule has 0 fully saturated rings. The third-order valence-electron chi connectivity index (χ3n) is 3.70. The molecule has 1 amide bonds. The quantitative estimate of drug-likeness (QED) is 0.713. The molecule has 0 unspecified atom stereocenters. The van der Waals surface area contributed by atoms with Crippen LogP contribution in [0, 0.1) is 0 Å². The molecule has 0 atom stereocenters. The molecule has 2 aromatic carbocycles. The summed E-state index contributed by atoms with van der Waals surface area (Å²) in [5, 5.41) is 2.83. The maximum atomic E-state index is 12.0. The minimum atomic E-state index is -0.253. The second-order valence-corrected chi connectivity index (χ2v) is 5.78. The molecule has 0 radical (unpaired) electrons. The van der Waals surface area contributed by atoms with Gasteiger partial charge in [-0.1, -0.05) is 18.2 Å². The van der Waals surface area contributed by atoms with Crippen molar-refractivity contribution < 1.29 is 9.21 Å². The number of benzene rings is 2. The van der Waals surface area contributed by atoms with Crippen LogP contribution in [0.4, 0.5) is 17.1 Å². The van der Waals surface area contributed by atoms with Crippen molar-refractivity contribution in [2.75, 3.05) is 10.2 Å². The van der Waals surface area contributed by atoms with Crippen molar-refractivity contribution in [3.05, 3.63) is 78.8 Å². The van der Waals surface area contributed by atoms with Crippen LogP contribution >= 0.6 is 0 Å². The molecular formula is C20H20N2O2. The zero-order valence-electron chi connectivity index (χ0n) is 13.8.